The molecule has 7 nitrogen and oxygen atoms in total. The maximum absolute atomic E-state index is 12.2. The number of aryl methyl sites for hydroxylation is 1. The van der Waals surface area contributed by atoms with E-state index >= 15 is 0 Å². The van der Waals surface area contributed by atoms with E-state index in [9.17, 15) is 4.79 Å². The van der Waals surface area contributed by atoms with Crippen molar-refractivity contribution in [3.63, 3.8) is 0 Å². The average molecular weight is 323 g/mol. The number of carbonyl (C=O) groups excluding carboxylic acids is 1. The third-order valence-corrected chi connectivity index (χ3v) is 4.01. The van der Waals surface area contributed by atoms with E-state index in [1.54, 1.807) is 4.90 Å². The predicted octanol–water partition coefficient (Wildman–Crippen LogP) is 2.26. The van der Waals surface area contributed by atoms with Gasteiger partial charge in [-0.2, -0.15) is 0 Å². The number of carbonyl (C=O) groups is 1. The van der Waals surface area contributed by atoms with Gasteiger partial charge in [-0.25, -0.2) is 9.48 Å². The highest BCUT2D eigenvalue weighted by molar-refractivity contribution is 5.68. The molecule has 2 N–H and O–H groups in total. The van der Waals surface area contributed by atoms with Gasteiger partial charge in [0.2, 0.25) is 0 Å². The molecule has 0 saturated carbocycles. The van der Waals surface area contributed by atoms with Crippen LogP contribution in [0.3, 0.4) is 0 Å². The van der Waals surface area contributed by atoms with Crippen molar-refractivity contribution in [1.82, 2.24) is 19.9 Å². The van der Waals surface area contributed by atoms with E-state index in [2.05, 4.69) is 17.2 Å². The number of hydrogen-bond donors (Lipinski definition) is 1. The molecule has 7 heteroatoms. The highest BCUT2D eigenvalue weighted by Crippen LogP contribution is 2.30. The van der Waals surface area contributed by atoms with Crippen LogP contribution >= 0.6 is 0 Å². The molecule has 1 aromatic rings. The summed E-state index contributed by atoms with van der Waals surface area (Å²) in [6.45, 7) is 10.4. The van der Waals surface area contributed by atoms with E-state index in [-0.39, 0.29) is 6.09 Å². The van der Waals surface area contributed by atoms with Crippen molar-refractivity contribution in [3.05, 3.63) is 11.4 Å². The van der Waals surface area contributed by atoms with Crippen LogP contribution in [0.4, 0.5) is 4.79 Å². The fraction of sp³-hybridized carbons (Fsp3) is 0.812. The lowest BCUT2D eigenvalue weighted by atomic mass is 9.92. The molecule has 0 atom stereocenters. The van der Waals surface area contributed by atoms with E-state index < -0.39 is 5.60 Å². The molecule has 1 aliphatic heterocycles. The second-order valence-electron chi connectivity index (χ2n) is 7.09. The van der Waals surface area contributed by atoms with Crippen LogP contribution in [0, 0.1) is 0 Å². The van der Waals surface area contributed by atoms with Gasteiger partial charge in [0.05, 0.1) is 11.4 Å². The fourth-order valence-electron chi connectivity index (χ4n) is 2.99. The summed E-state index contributed by atoms with van der Waals surface area (Å²) in [5.74, 6) is 0.355. The fourth-order valence-corrected chi connectivity index (χ4v) is 2.99. The van der Waals surface area contributed by atoms with E-state index in [4.69, 9.17) is 10.5 Å². The van der Waals surface area contributed by atoms with Crippen molar-refractivity contribution in [2.45, 2.75) is 71.6 Å². The van der Waals surface area contributed by atoms with Crippen LogP contribution < -0.4 is 5.73 Å². The minimum atomic E-state index is -0.454. The second-order valence-corrected chi connectivity index (χ2v) is 7.09. The molecule has 2 rings (SSSR count). The Labute approximate surface area is 138 Å². The van der Waals surface area contributed by atoms with Crippen LogP contribution in [0.15, 0.2) is 0 Å². The van der Waals surface area contributed by atoms with E-state index in [0.717, 1.165) is 37.2 Å². The number of amides is 1. The largest absolute Gasteiger partial charge is 0.444 e. The number of nitrogens with zero attached hydrogens (tertiary/aromatic N) is 4. The molecule has 23 heavy (non-hydrogen) atoms. The highest BCUT2D eigenvalue weighted by Gasteiger charge is 2.30. The maximum atomic E-state index is 12.2. The molecule has 0 aromatic carbocycles. The molecule has 1 fully saturated rings. The van der Waals surface area contributed by atoms with Gasteiger partial charge in [-0.05, 0) is 40.0 Å². The number of nitrogens with two attached hydrogens (primary N) is 1. The van der Waals surface area contributed by atoms with Gasteiger partial charge in [-0.15, -0.1) is 5.10 Å². The highest BCUT2D eigenvalue weighted by atomic mass is 16.6. The van der Waals surface area contributed by atoms with Crippen molar-refractivity contribution in [2.75, 3.05) is 13.1 Å². The van der Waals surface area contributed by atoms with E-state index in [1.807, 2.05) is 25.5 Å². The zero-order chi connectivity index (χ0) is 17.0. The number of piperidine rings is 1. The molecule has 1 aliphatic rings. The van der Waals surface area contributed by atoms with Crippen LogP contribution in [-0.2, 0) is 17.8 Å². The first-order valence-electron chi connectivity index (χ1n) is 8.46. The van der Waals surface area contributed by atoms with Crippen molar-refractivity contribution in [1.29, 1.82) is 0 Å². The first kappa shape index (κ1) is 17.7. The molecular formula is C16H29N5O2. The molecule has 0 unspecified atom stereocenters. The SMILES string of the molecule is CCCn1nnc(CN)c1C1CCN(C(=O)OC(C)(C)C)CC1. The lowest BCUT2D eigenvalue weighted by molar-refractivity contribution is 0.0203. The second kappa shape index (κ2) is 7.29. The number of aromatic nitrogens is 3. The van der Waals surface area contributed by atoms with Crippen molar-refractivity contribution >= 4 is 6.09 Å². The lowest BCUT2D eigenvalue weighted by Gasteiger charge is -2.33. The van der Waals surface area contributed by atoms with Crippen LogP contribution in [0.2, 0.25) is 0 Å². The van der Waals surface area contributed by atoms with Gasteiger partial charge in [0.25, 0.3) is 0 Å². The number of ether oxygens (including phenoxy) is 1. The topological polar surface area (TPSA) is 86.3 Å². The van der Waals surface area contributed by atoms with Crippen molar-refractivity contribution in [3.8, 4) is 0 Å². The zero-order valence-corrected chi connectivity index (χ0v) is 14.7. The Morgan fingerprint density at radius 2 is 2.00 bits per heavy atom. The first-order valence-corrected chi connectivity index (χ1v) is 8.46. The molecule has 0 aliphatic carbocycles. The molecule has 130 valence electrons. The van der Waals surface area contributed by atoms with E-state index in [0.29, 0.717) is 25.6 Å². The molecular weight excluding hydrogens is 294 g/mol. The third-order valence-electron chi connectivity index (χ3n) is 4.01. The van der Waals surface area contributed by atoms with Crippen molar-refractivity contribution in [2.24, 2.45) is 5.73 Å². The average Bonchev–Trinajstić information content (AvgIpc) is 2.89. The minimum absolute atomic E-state index is 0.227. The third kappa shape index (κ3) is 4.43. The van der Waals surface area contributed by atoms with Crippen LogP contribution in [0.1, 0.15) is 64.3 Å². The molecule has 1 aromatic heterocycles. The summed E-state index contributed by atoms with van der Waals surface area (Å²) < 4.78 is 7.43. The van der Waals surface area contributed by atoms with Gasteiger partial charge in [0, 0.05) is 32.1 Å². The van der Waals surface area contributed by atoms with Crippen LogP contribution in [0.25, 0.3) is 0 Å². The predicted molar refractivity (Wildman–Crippen MR) is 88.0 cm³/mol. The summed E-state index contributed by atoms with van der Waals surface area (Å²) in [4.78, 5) is 13.9. The molecule has 0 bridgehead atoms. The Hall–Kier alpha value is -1.63. The molecule has 0 spiro atoms. The summed E-state index contributed by atoms with van der Waals surface area (Å²) in [6.07, 6.45) is 2.57. The zero-order valence-electron chi connectivity index (χ0n) is 14.7. The summed E-state index contributed by atoms with van der Waals surface area (Å²) in [6, 6.07) is 0. The summed E-state index contributed by atoms with van der Waals surface area (Å²) >= 11 is 0. The Kier molecular flexibility index (Phi) is 5.62. The summed E-state index contributed by atoms with van der Waals surface area (Å²) in [7, 11) is 0. The minimum Gasteiger partial charge on any atom is -0.444 e. The smallest absolute Gasteiger partial charge is 0.410 e. The van der Waals surface area contributed by atoms with E-state index in [1.165, 1.54) is 0 Å². The van der Waals surface area contributed by atoms with Gasteiger partial charge >= 0.3 is 6.09 Å². The molecule has 1 saturated heterocycles. The van der Waals surface area contributed by atoms with Crippen LogP contribution in [-0.4, -0.2) is 44.7 Å². The summed E-state index contributed by atoms with van der Waals surface area (Å²) in [5.41, 5.74) is 7.39. The van der Waals surface area contributed by atoms with Crippen LogP contribution in [0.5, 0.6) is 0 Å². The van der Waals surface area contributed by atoms with Gasteiger partial charge < -0.3 is 15.4 Å². The Bertz CT molecular complexity index is 527. The number of hydrogen-bond acceptors (Lipinski definition) is 5. The normalized spacial score (nSPS) is 16.7. The van der Waals surface area contributed by atoms with Gasteiger partial charge in [0.1, 0.15) is 5.60 Å². The monoisotopic (exact) mass is 323 g/mol. The van der Waals surface area contributed by atoms with Gasteiger partial charge in [-0.1, -0.05) is 12.1 Å². The molecule has 1 amide bonds. The molecule has 2 heterocycles. The Balaban J connectivity index is 2.02. The van der Waals surface area contributed by atoms with Gasteiger partial charge in [0.15, 0.2) is 0 Å². The Morgan fingerprint density at radius 3 is 2.52 bits per heavy atom. The first-order chi connectivity index (χ1) is 10.9. The maximum Gasteiger partial charge on any atom is 0.410 e. The number of rotatable bonds is 4. The standard InChI is InChI=1S/C16H29N5O2/c1-5-8-21-14(13(11-17)18-19-21)12-6-9-20(10-7-12)15(22)23-16(2,3)4/h12H,5-11,17H2,1-4H3. The quantitative estimate of drug-likeness (QED) is 0.918. The Morgan fingerprint density at radius 1 is 1.35 bits per heavy atom. The van der Waals surface area contributed by atoms with Crippen molar-refractivity contribution < 1.29 is 9.53 Å². The molecule has 0 radical (unpaired) electrons. The summed E-state index contributed by atoms with van der Waals surface area (Å²) in [5, 5.41) is 8.45. The number of likely N-dealkylation sites (tertiary alicyclic amines) is 1. The lowest BCUT2D eigenvalue weighted by Crippen LogP contribution is -2.41. The van der Waals surface area contributed by atoms with Gasteiger partial charge in [-0.3, -0.25) is 0 Å².